The zero-order valence-electron chi connectivity index (χ0n) is 14.7. The quantitative estimate of drug-likeness (QED) is 0.713. The summed E-state index contributed by atoms with van der Waals surface area (Å²) in [6.07, 6.45) is 0.269. The normalized spacial score (nSPS) is 16.5. The van der Waals surface area contributed by atoms with Crippen LogP contribution in [0.2, 0.25) is 0 Å². The van der Waals surface area contributed by atoms with Gasteiger partial charge in [-0.2, -0.15) is 5.10 Å². The van der Waals surface area contributed by atoms with Gasteiger partial charge >= 0.3 is 5.97 Å². The predicted molar refractivity (Wildman–Crippen MR) is 97.2 cm³/mol. The summed E-state index contributed by atoms with van der Waals surface area (Å²) in [5, 5.41) is 25.8. The standard InChI is InChI=1S/C18H19N3O4S/c1-10-16-12(13-5-4-11(26-13)6-7-18(2,3)25)8-14(22)19-17(16)21(20-10)9-15(23)24/h4-5,12,25H,8-9H2,1-3H3,(H,19,22)(H,23,24). The van der Waals surface area contributed by atoms with Crippen molar-refractivity contribution < 1.29 is 19.8 Å². The van der Waals surface area contributed by atoms with Gasteiger partial charge in [-0.15, -0.1) is 11.3 Å². The van der Waals surface area contributed by atoms with Crippen molar-refractivity contribution in [2.45, 2.75) is 45.3 Å². The molecule has 3 rings (SSSR count). The predicted octanol–water partition coefficient (Wildman–Crippen LogP) is 1.93. The molecular formula is C18H19N3O4S. The molecule has 0 spiro atoms. The van der Waals surface area contributed by atoms with E-state index in [0.717, 1.165) is 15.3 Å². The van der Waals surface area contributed by atoms with E-state index in [2.05, 4.69) is 22.3 Å². The van der Waals surface area contributed by atoms with Crippen LogP contribution in [0.5, 0.6) is 0 Å². The van der Waals surface area contributed by atoms with Gasteiger partial charge in [0.25, 0.3) is 0 Å². The lowest BCUT2D eigenvalue weighted by Crippen LogP contribution is -2.25. The molecule has 0 radical (unpaired) electrons. The summed E-state index contributed by atoms with van der Waals surface area (Å²) in [5.74, 6) is 4.78. The van der Waals surface area contributed by atoms with Crippen LogP contribution in [-0.4, -0.2) is 37.5 Å². The van der Waals surface area contributed by atoms with Crippen molar-refractivity contribution in [1.82, 2.24) is 9.78 Å². The summed E-state index contributed by atoms with van der Waals surface area (Å²) >= 11 is 1.46. The SMILES string of the molecule is Cc1nn(CC(=O)O)c2c1C(c1ccc(C#CC(C)(C)O)s1)CC(=O)N2. The molecular weight excluding hydrogens is 354 g/mol. The number of carboxylic acids is 1. The van der Waals surface area contributed by atoms with E-state index in [0.29, 0.717) is 11.5 Å². The second-order valence-electron chi connectivity index (χ2n) is 6.71. The Morgan fingerprint density at radius 2 is 2.23 bits per heavy atom. The maximum absolute atomic E-state index is 12.2. The summed E-state index contributed by atoms with van der Waals surface area (Å²) in [6, 6.07) is 3.78. The van der Waals surface area contributed by atoms with E-state index in [1.165, 1.54) is 16.0 Å². The molecule has 26 heavy (non-hydrogen) atoms. The topological polar surface area (TPSA) is 104 Å². The molecule has 2 aromatic heterocycles. The molecule has 1 atom stereocenters. The molecule has 0 fully saturated rings. The number of amides is 1. The summed E-state index contributed by atoms with van der Waals surface area (Å²) in [7, 11) is 0. The van der Waals surface area contributed by atoms with E-state index in [1.807, 2.05) is 19.1 Å². The van der Waals surface area contributed by atoms with Crippen molar-refractivity contribution in [3.05, 3.63) is 33.1 Å². The molecule has 2 aromatic rings. The number of carbonyl (C=O) groups is 2. The fourth-order valence-corrected chi connectivity index (χ4v) is 3.89. The lowest BCUT2D eigenvalue weighted by atomic mass is 9.91. The molecule has 8 heteroatoms. The summed E-state index contributed by atoms with van der Waals surface area (Å²) < 4.78 is 1.32. The highest BCUT2D eigenvalue weighted by Crippen LogP contribution is 2.41. The van der Waals surface area contributed by atoms with Gasteiger partial charge in [0.1, 0.15) is 18.0 Å². The number of carboxylic acid groups (broad SMARTS) is 1. The van der Waals surface area contributed by atoms with E-state index in [-0.39, 0.29) is 24.8 Å². The minimum atomic E-state index is -1.07. The van der Waals surface area contributed by atoms with Crippen LogP contribution >= 0.6 is 11.3 Å². The second kappa shape index (κ2) is 6.59. The van der Waals surface area contributed by atoms with Crippen LogP contribution in [0.4, 0.5) is 5.82 Å². The van der Waals surface area contributed by atoms with Crippen molar-refractivity contribution >= 4 is 29.0 Å². The molecule has 0 aromatic carbocycles. The van der Waals surface area contributed by atoms with E-state index in [9.17, 15) is 14.7 Å². The highest BCUT2D eigenvalue weighted by molar-refractivity contribution is 7.12. The molecule has 3 N–H and O–H groups in total. The first-order valence-electron chi connectivity index (χ1n) is 8.08. The van der Waals surface area contributed by atoms with Gasteiger partial charge in [0.2, 0.25) is 5.91 Å². The minimum Gasteiger partial charge on any atom is -0.480 e. The lowest BCUT2D eigenvalue weighted by Gasteiger charge is -2.23. The van der Waals surface area contributed by atoms with Crippen LogP contribution < -0.4 is 5.32 Å². The van der Waals surface area contributed by atoms with Gasteiger partial charge in [-0.05, 0) is 32.9 Å². The first-order valence-corrected chi connectivity index (χ1v) is 8.90. The van der Waals surface area contributed by atoms with Gasteiger partial charge in [-0.25, -0.2) is 4.68 Å². The molecule has 0 bridgehead atoms. The summed E-state index contributed by atoms with van der Waals surface area (Å²) in [6.45, 7) is 4.74. The number of hydrogen-bond acceptors (Lipinski definition) is 5. The number of nitrogens with one attached hydrogen (secondary N) is 1. The maximum Gasteiger partial charge on any atom is 0.325 e. The van der Waals surface area contributed by atoms with Gasteiger partial charge in [0.05, 0.1) is 10.6 Å². The number of carbonyl (C=O) groups excluding carboxylic acids is 1. The molecule has 7 nitrogen and oxygen atoms in total. The van der Waals surface area contributed by atoms with Crippen molar-refractivity contribution in [3.8, 4) is 11.8 Å². The first-order chi connectivity index (χ1) is 12.1. The third-order valence-electron chi connectivity index (χ3n) is 3.92. The van der Waals surface area contributed by atoms with E-state index < -0.39 is 11.6 Å². The van der Waals surface area contributed by atoms with Crippen molar-refractivity contribution in [2.75, 3.05) is 5.32 Å². The molecule has 1 amide bonds. The van der Waals surface area contributed by atoms with Crippen LogP contribution in [0, 0.1) is 18.8 Å². The fraction of sp³-hybridized carbons (Fsp3) is 0.389. The van der Waals surface area contributed by atoms with Crippen molar-refractivity contribution in [3.63, 3.8) is 0 Å². The van der Waals surface area contributed by atoms with Crippen molar-refractivity contribution in [2.24, 2.45) is 0 Å². The average Bonchev–Trinajstić information content (AvgIpc) is 3.09. The smallest absolute Gasteiger partial charge is 0.325 e. The number of rotatable bonds is 3. The van der Waals surface area contributed by atoms with Crippen LogP contribution in [0.25, 0.3) is 0 Å². The molecule has 136 valence electrons. The monoisotopic (exact) mass is 373 g/mol. The molecule has 1 aliphatic rings. The largest absolute Gasteiger partial charge is 0.480 e. The highest BCUT2D eigenvalue weighted by atomic mass is 32.1. The highest BCUT2D eigenvalue weighted by Gasteiger charge is 2.33. The molecule has 1 unspecified atom stereocenters. The van der Waals surface area contributed by atoms with Crippen LogP contribution in [0.15, 0.2) is 12.1 Å². The van der Waals surface area contributed by atoms with E-state index in [4.69, 9.17) is 5.11 Å². The van der Waals surface area contributed by atoms with E-state index >= 15 is 0 Å². The Kier molecular flexibility index (Phi) is 4.61. The second-order valence-corrected chi connectivity index (χ2v) is 7.83. The average molecular weight is 373 g/mol. The Hall–Kier alpha value is -2.63. The minimum absolute atomic E-state index is 0.174. The number of aliphatic hydroxyl groups is 1. The Morgan fingerprint density at radius 3 is 2.88 bits per heavy atom. The van der Waals surface area contributed by atoms with Crippen molar-refractivity contribution in [1.29, 1.82) is 0 Å². The molecule has 0 aliphatic carbocycles. The number of fused-ring (bicyclic) bond motifs is 1. The maximum atomic E-state index is 12.2. The number of hydrogen-bond donors (Lipinski definition) is 3. The Balaban J connectivity index is 1.99. The van der Waals surface area contributed by atoms with Crippen LogP contribution in [0.1, 0.15) is 47.2 Å². The fourth-order valence-electron chi connectivity index (χ4n) is 2.92. The number of aromatic nitrogens is 2. The Labute approximate surface area is 154 Å². The van der Waals surface area contributed by atoms with Crippen LogP contribution in [0.3, 0.4) is 0 Å². The molecule has 0 saturated carbocycles. The first kappa shape index (κ1) is 18.2. The van der Waals surface area contributed by atoms with Gasteiger partial charge in [-0.3, -0.25) is 9.59 Å². The summed E-state index contributed by atoms with van der Waals surface area (Å²) in [4.78, 5) is 25.0. The van der Waals surface area contributed by atoms with Gasteiger partial charge in [0, 0.05) is 22.8 Å². The number of anilines is 1. The van der Waals surface area contributed by atoms with E-state index in [1.54, 1.807) is 13.8 Å². The van der Waals surface area contributed by atoms with Gasteiger partial charge in [-0.1, -0.05) is 11.8 Å². The van der Waals surface area contributed by atoms with Gasteiger partial charge < -0.3 is 15.5 Å². The lowest BCUT2D eigenvalue weighted by molar-refractivity contribution is -0.137. The third kappa shape index (κ3) is 3.79. The number of aryl methyl sites for hydroxylation is 1. The number of aliphatic carboxylic acids is 1. The van der Waals surface area contributed by atoms with Gasteiger partial charge in [0.15, 0.2) is 0 Å². The molecule has 0 saturated heterocycles. The summed E-state index contributed by atoms with van der Waals surface area (Å²) in [5.41, 5.74) is 0.467. The number of nitrogens with zero attached hydrogens (tertiary/aromatic N) is 2. The zero-order valence-corrected chi connectivity index (χ0v) is 15.5. The Bertz CT molecular complexity index is 940. The Morgan fingerprint density at radius 1 is 1.50 bits per heavy atom. The molecule has 1 aliphatic heterocycles. The van der Waals surface area contributed by atoms with Crippen LogP contribution in [-0.2, 0) is 16.1 Å². The third-order valence-corrected chi connectivity index (χ3v) is 5.03. The zero-order chi connectivity index (χ0) is 19.1. The molecule has 3 heterocycles. The number of thiophene rings is 1.